The van der Waals surface area contributed by atoms with Gasteiger partial charge in [-0.15, -0.1) is 0 Å². The van der Waals surface area contributed by atoms with Crippen LogP contribution in [0.2, 0.25) is 0 Å². The molecule has 104 valence electrons. The zero-order chi connectivity index (χ0) is 13.8. The number of hydrogen-bond acceptors (Lipinski definition) is 3. The topological polar surface area (TPSA) is 79.2 Å². The average molecular weight is 263 g/mol. The summed E-state index contributed by atoms with van der Waals surface area (Å²) in [5, 5.41) is 0. The molecule has 2 atom stereocenters. The maximum atomic E-state index is 12.5. The zero-order valence-corrected chi connectivity index (χ0v) is 11.3. The molecule has 1 heterocycles. The lowest BCUT2D eigenvalue weighted by atomic mass is 10.0. The van der Waals surface area contributed by atoms with Crippen molar-refractivity contribution in [3.8, 4) is 0 Å². The summed E-state index contributed by atoms with van der Waals surface area (Å²) in [5.41, 5.74) is 6.13. The number of rotatable bonds is 4. The Labute approximate surface area is 112 Å². The summed E-state index contributed by atoms with van der Waals surface area (Å²) in [5.74, 6) is 0.371. The highest BCUT2D eigenvalue weighted by Crippen LogP contribution is 2.29. The van der Waals surface area contributed by atoms with Gasteiger partial charge in [0.15, 0.2) is 0 Å². The molecule has 5 heteroatoms. The molecule has 0 bridgehead atoms. The Hall–Kier alpha value is -1.62. The van der Waals surface area contributed by atoms with Gasteiger partial charge in [0, 0.05) is 24.8 Å². The third-order valence-corrected chi connectivity index (χ3v) is 3.95. The molecule has 5 nitrogen and oxygen atoms in total. The summed E-state index contributed by atoms with van der Waals surface area (Å²) < 4.78 is 0. The van der Waals surface area contributed by atoms with Gasteiger partial charge in [-0.25, -0.2) is 0 Å². The van der Waals surface area contributed by atoms with Crippen LogP contribution in [-0.2, 0) is 0 Å². The van der Waals surface area contributed by atoms with E-state index in [4.69, 9.17) is 5.73 Å². The van der Waals surface area contributed by atoms with Gasteiger partial charge < -0.3 is 15.6 Å². The number of carbonyl (C=O) groups excluding carboxylic acids is 1. The molecule has 1 aliphatic rings. The largest absolute Gasteiger partial charge is 0.336 e. The van der Waals surface area contributed by atoms with E-state index in [0.717, 1.165) is 19.3 Å². The van der Waals surface area contributed by atoms with Gasteiger partial charge >= 0.3 is 0 Å². The summed E-state index contributed by atoms with van der Waals surface area (Å²) in [4.78, 5) is 28.0. The Bertz CT molecular complexity index is 477. The van der Waals surface area contributed by atoms with E-state index in [9.17, 15) is 9.59 Å². The van der Waals surface area contributed by atoms with Crippen LogP contribution in [0.15, 0.2) is 23.1 Å². The Morgan fingerprint density at radius 1 is 1.47 bits per heavy atom. The van der Waals surface area contributed by atoms with E-state index in [-0.39, 0.29) is 17.5 Å². The Morgan fingerprint density at radius 3 is 2.84 bits per heavy atom. The van der Waals surface area contributed by atoms with Gasteiger partial charge in [0.25, 0.3) is 5.91 Å². The van der Waals surface area contributed by atoms with Crippen molar-refractivity contribution in [1.82, 2.24) is 9.88 Å². The van der Waals surface area contributed by atoms with E-state index >= 15 is 0 Å². The highest BCUT2D eigenvalue weighted by Gasteiger charge is 2.33. The molecule has 3 N–H and O–H groups in total. The quantitative estimate of drug-likeness (QED) is 0.849. The van der Waals surface area contributed by atoms with E-state index in [2.05, 4.69) is 4.98 Å². The molecule has 0 spiro atoms. The lowest BCUT2D eigenvalue weighted by molar-refractivity contribution is 0.0651. The molecule has 1 amide bonds. The van der Waals surface area contributed by atoms with Crippen molar-refractivity contribution >= 4 is 5.91 Å². The summed E-state index contributed by atoms with van der Waals surface area (Å²) in [6, 6.07) is 3.20. The Morgan fingerprint density at radius 2 is 2.26 bits per heavy atom. The number of nitrogens with zero attached hydrogens (tertiary/aromatic N) is 1. The summed E-state index contributed by atoms with van der Waals surface area (Å²) in [6.45, 7) is 3.27. The predicted molar refractivity (Wildman–Crippen MR) is 74.0 cm³/mol. The monoisotopic (exact) mass is 263 g/mol. The number of nitrogens with one attached hydrogen (secondary N) is 1. The third-order valence-electron chi connectivity index (χ3n) is 3.95. The molecule has 19 heavy (non-hydrogen) atoms. The standard InChI is InChI=1S/C14H21N3O2/c1-2-17(12-5-3-4-10(12)8-15)14(19)11-6-7-13(18)16-9-11/h6-7,9-10,12H,2-5,8,15H2,1H3,(H,16,18). The van der Waals surface area contributed by atoms with Crippen LogP contribution in [0.3, 0.4) is 0 Å². The lowest BCUT2D eigenvalue weighted by Crippen LogP contribution is -2.44. The maximum absolute atomic E-state index is 12.5. The summed E-state index contributed by atoms with van der Waals surface area (Å²) in [6.07, 6.45) is 4.73. The van der Waals surface area contributed by atoms with Crippen molar-refractivity contribution in [3.63, 3.8) is 0 Å². The number of pyridine rings is 1. The van der Waals surface area contributed by atoms with Crippen molar-refractivity contribution in [1.29, 1.82) is 0 Å². The van der Waals surface area contributed by atoms with Gasteiger partial charge in [-0.05, 0) is 38.3 Å². The molecule has 2 unspecified atom stereocenters. The number of nitrogens with two attached hydrogens (primary N) is 1. The van der Waals surface area contributed by atoms with Crippen LogP contribution in [-0.4, -0.2) is 34.9 Å². The van der Waals surface area contributed by atoms with Gasteiger partial charge in [-0.3, -0.25) is 9.59 Å². The van der Waals surface area contributed by atoms with Crippen molar-refractivity contribution in [3.05, 3.63) is 34.2 Å². The van der Waals surface area contributed by atoms with E-state index in [1.165, 1.54) is 12.3 Å². The van der Waals surface area contributed by atoms with Crippen molar-refractivity contribution < 1.29 is 4.79 Å². The Balaban J connectivity index is 2.19. The molecule has 1 fully saturated rings. The number of hydrogen-bond donors (Lipinski definition) is 2. The highest BCUT2D eigenvalue weighted by molar-refractivity contribution is 5.94. The molecule has 1 aliphatic carbocycles. The second kappa shape index (κ2) is 6.02. The number of carbonyl (C=O) groups is 1. The minimum Gasteiger partial charge on any atom is -0.336 e. The van der Waals surface area contributed by atoms with Crippen LogP contribution < -0.4 is 11.3 Å². The summed E-state index contributed by atoms with van der Waals surface area (Å²) >= 11 is 0. The molecular formula is C14H21N3O2. The van der Waals surface area contributed by atoms with Gasteiger partial charge in [-0.1, -0.05) is 6.42 Å². The molecule has 2 rings (SSSR count). The number of H-pyrrole nitrogens is 1. The van der Waals surface area contributed by atoms with Gasteiger partial charge in [0.2, 0.25) is 5.56 Å². The number of aromatic amines is 1. The molecule has 0 aromatic carbocycles. The fourth-order valence-corrected chi connectivity index (χ4v) is 2.94. The van der Waals surface area contributed by atoms with Crippen molar-refractivity contribution in [2.24, 2.45) is 11.7 Å². The number of aromatic nitrogens is 1. The molecule has 0 saturated heterocycles. The minimum atomic E-state index is -0.194. The van der Waals surface area contributed by atoms with Crippen LogP contribution in [0.25, 0.3) is 0 Å². The van der Waals surface area contributed by atoms with Gasteiger partial charge in [0.1, 0.15) is 0 Å². The lowest BCUT2D eigenvalue weighted by Gasteiger charge is -2.32. The third kappa shape index (κ3) is 2.87. The first-order chi connectivity index (χ1) is 9.17. The molecule has 1 aromatic heterocycles. The van der Waals surface area contributed by atoms with Crippen molar-refractivity contribution in [2.75, 3.05) is 13.1 Å². The fourth-order valence-electron chi connectivity index (χ4n) is 2.94. The first-order valence-electron chi connectivity index (χ1n) is 6.87. The highest BCUT2D eigenvalue weighted by atomic mass is 16.2. The van der Waals surface area contributed by atoms with Crippen LogP contribution >= 0.6 is 0 Å². The molecule has 1 aromatic rings. The van der Waals surface area contributed by atoms with E-state index in [1.807, 2.05) is 11.8 Å². The first kappa shape index (κ1) is 13.8. The van der Waals surface area contributed by atoms with E-state index in [0.29, 0.717) is 24.6 Å². The van der Waals surface area contributed by atoms with E-state index in [1.54, 1.807) is 6.07 Å². The minimum absolute atomic E-state index is 0.0240. The van der Waals surface area contributed by atoms with Gasteiger partial charge in [0.05, 0.1) is 5.56 Å². The van der Waals surface area contributed by atoms with E-state index < -0.39 is 0 Å². The first-order valence-corrected chi connectivity index (χ1v) is 6.87. The molecular weight excluding hydrogens is 242 g/mol. The van der Waals surface area contributed by atoms with Crippen LogP contribution in [0.5, 0.6) is 0 Å². The molecule has 0 aliphatic heterocycles. The molecule has 0 radical (unpaired) electrons. The predicted octanol–water partition coefficient (Wildman–Crippen LogP) is 0.964. The van der Waals surface area contributed by atoms with Crippen LogP contribution in [0.1, 0.15) is 36.5 Å². The summed E-state index contributed by atoms with van der Waals surface area (Å²) in [7, 11) is 0. The van der Waals surface area contributed by atoms with Gasteiger partial charge in [-0.2, -0.15) is 0 Å². The second-order valence-electron chi connectivity index (χ2n) is 5.03. The SMILES string of the molecule is CCN(C(=O)c1ccc(=O)[nH]c1)C1CCCC1CN. The molecule has 1 saturated carbocycles. The maximum Gasteiger partial charge on any atom is 0.255 e. The Kier molecular flexibility index (Phi) is 4.37. The smallest absolute Gasteiger partial charge is 0.255 e. The fraction of sp³-hybridized carbons (Fsp3) is 0.571. The number of amides is 1. The second-order valence-corrected chi connectivity index (χ2v) is 5.03. The zero-order valence-electron chi connectivity index (χ0n) is 11.3. The average Bonchev–Trinajstić information content (AvgIpc) is 2.88. The normalized spacial score (nSPS) is 22.4. The van der Waals surface area contributed by atoms with Crippen LogP contribution in [0, 0.1) is 5.92 Å². The van der Waals surface area contributed by atoms with Crippen LogP contribution in [0.4, 0.5) is 0 Å². The van der Waals surface area contributed by atoms with Crippen molar-refractivity contribution in [2.45, 2.75) is 32.2 Å².